The predicted octanol–water partition coefficient (Wildman–Crippen LogP) is 3.30. The van der Waals surface area contributed by atoms with Crippen molar-refractivity contribution in [3.05, 3.63) is 64.7 Å². The number of ketones is 1. The summed E-state index contributed by atoms with van der Waals surface area (Å²) >= 11 is 5.74. The molecule has 0 bridgehead atoms. The van der Waals surface area contributed by atoms with Crippen LogP contribution in [0.5, 0.6) is 0 Å². The van der Waals surface area contributed by atoms with E-state index < -0.39 is 5.82 Å². The van der Waals surface area contributed by atoms with Crippen molar-refractivity contribution in [3.8, 4) is 0 Å². The summed E-state index contributed by atoms with van der Waals surface area (Å²) in [5.41, 5.74) is 0.829. The normalized spacial score (nSPS) is 10.2. The molecule has 0 radical (unpaired) electrons. The molecule has 0 fully saturated rings. The lowest BCUT2D eigenvalue weighted by molar-refractivity contribution is 0.0991. The Morgan fingerprint density at radius 2 is 2.06 bits per heavy atom. The van der Waals surface area contributed by atoms with Gasteiger partial charge in [-0.25, -0.2) is 4.39 Å². The third kappa shape index (κ3) is 2.68. The van der Waals surface area contributed by atoms with Gasteiger partial charge in [0.05, 0.1) is 11.4 Å². The Morgan fingerprint density at radius 3 is 2.76 bits per heavy atom. The Labute approximate surface area is 103 Å². The van der Waals surface area contributed by atoms with Crippen LogP contribution in [-0.2, 0) is 6.42 Å². The highest BCUT2D eigenvalue weighted by Crippen LogP contribution is 2.20. The van der Waals surface area contributed by atoms with Crippen molar-refractivity contribution in [2.24, 2.45) is 0 Å². The standard InChI is InChI=1S/C13H9ClFNO/c14-13-10(5-3-6-11(13)15)12(17)8-9-4-1-2-7-16-9/h1-7H,8H2. The molecule has 1 aromatic carbocycles. The lowest BCUT2D eigenvalue weighted by atomic mass is 10.1. The van der Waals surface area contributed by atoms with Crippen molar-refractivity contribution >= 4 is 17.4 Å². The van der Waals surface area contributed by atoms with Crippen molar-refractivity contribution in [1.82, 2.24) is 4.98 Å². The van der Waals surface area contributed by atoms with Crippen molar-refractivity contribution < 1.29 is 9.18 Å². The van der Waals surface area contributed by atoms with Crippen molar-refractivity contribution in [3.63, 3.8) is 0 Å². The van der Waals surface area contributed by atoms with E-state index in [-0.39, 0.29) is 22.8 Å². The molecular formula is C13H9ClFNO. The second kappa shape index (κ2) is 5.06. The van der Waals surface area contributed by atoms with Crippen LogP contribution in [0.4, 0.5) is 4.39 Å². The van der Waals surface area contributed by atoms with Gasteiger partial charge in [0.2, 0.25) is 0 Å². The average Bonchev–Trinajstić information content (AvgIpc) is 2.34. The average molecular weight is 250 g/mol. The van der Waals surface area contributed by atoms with E-state index in [2.05, 4.69) is 4.98 Å². The van der Waals surface area contributed by atoms with E-state index in [1.807, 2.05) is 0 Å². The third-order valence-electron chi connectivity index (χ3n) is 2.32. The first kappa shape index (κ1) is 11.7. The number of halogens is 2. The van der Waals surface area contributed by atoms with E-state index in [1.165, 1.54) is 18.2 Å². The number of benzene rings is 1. The van der Waals surface area contributed by atoms with Gasteiger partial charge in [-0.2, -0.15) is 0 Å². The Morgan fingerprint density at radius 1 is 1.24 bits per heavy atom. The maximum absolute atomic E-state index is 13.2. The van der Waals surface area contributed by atoms with Crippen LogP contribution in [0.15, 0.2) is 42.6 Å². The lowest BCUT2D eigenvalue weighted by Gasteiger charge is -2.03. The zero-order valence-electron chi connectivity index (χ0n) is 8.86. The largest absolute Gasteiger partial charge is 0.294 e. The molecule has 4 heteroatoms. The van der Waals surface area contributed by atoms with Gasteiger partial charge in [0.1, 0.15) is 5.82 Å². The van der Waals surface area contributed by atoms with Crippen LogP contribution >= 0.6 is 11.6 Å². The zero-order valence-corrected chi connectivity index (χ0v) is 9.62. The van der Waals surface area contributed by atoms with Gasteiger partial charge in [-0.15, -0.1) is 0 Å². The van der Waals surface area contributed by atoms with Gasteiger partial charge in [0, 0.05) is 17.5 Å². The van der Waals surface area contributed by atoms with Crippen LogP contribution in [-0.4, -0.2) is 10.8 Å². The summed E-state index contributed by atoms with van der Waals surface area (Å²) in [6, 6.07) is 9.50. The highest BCUT2D eigenvalue weighted by Gasteiger charge is 2.14. The molecule has 86 valence electrons. The van der Waals surface area contributed by atoms with E-state index in [0.717, 1.165) is 0 Å². The van der Waals surface area contributed by atoms with E-state index in [9.17, 15) is 9.18 Å². The predicted molar refractivity (Wildman–Crippen MR) is 63.7 cm³/mol. The van der Waals surface area contributed by atoms with Crippen molar-refractivity contribution in [2.75, 3.05) is 0 Å². The van der Waals surface area contributed by atoms with Crippen molar-refractivity contribution in [2.45, 2.75) is 6.42 Å². The summed E-state index contributed by atoms with van der Waals surface area (Å²) in [5.74, 6) is -0.827. The first-order valence-corrected chi connectivity index (χ1v) is 5.43. The quantitative estimate of drug-likeness (QED) is 0.782. The molecule has 2 nitrogen and oxygen atoms in total. The number of carbonyl (C=O) groups excluding carboxylic acids is 1. The summed E-state index contributed by atoms with van der Waals surface area (Å²) < 4.78 is 13.2. The smallest absolute Gasteiger partial charge is 0.170 e. The van der Waals surface area contributed by atoms with Gasteiger partial charge in [-0.3, -0.25) is 9.78 Å². The fraction of sp³-hybridized carbons (Fsp3) is 0.0769. The van der Waals surface area contributed by atoms with Crippen LogP contribution in [0.3, 0.4) is 0 Å². The summed E-state index contributed by atoms with van der Waals surface area (Å²) in [4.78, 5) is 15.9. The van der Waals surface area contributed by atoms with Crippen LogP contribution in [0, 0.1) is 5.82 Å². The summed E-state index contributed by atoms with van der Waals surface area (Å²) in [6.07, 6.45) is 1.72. The Bertz CT molecular complexity index is 542. The van der Waals surface area contributed by atoms with Crippen LogP contribution in [0.1, 0.15) is 16.1 Å². The molecule has 0 N–H and O–H groups in total. The number of carbonyl (C=O) groups is 1. The molecule has 0 saturated heterocycles. The van der Waals surface area contributed by atoms with Crippen LogP contribution in [0.25, 0.3) is 0 Å². The van der Waals surface area contributed by atoms with Gasteiger partial charge >= 0.3 is 0 Å². The molecule has 0 spiro atoms. The molecule has 1 heterocycles. The van der Waals surface area contributed by atoms with Crippen LogP contribution < -0.4 is 0 Å². The molecule has 0 amide bonds. The first-order chi connectivity index (χ1) is 8.18. The highest BCUT2D eigenvalue weighted by atomic mass is 35.5. The molecule has 2 aromatic rings. The monoisotopic (exact) mass is 249 g/mol. The fourth-order valence-corrected chi connectivity index (χ4v) is 1.71. The van der Waals surface area contributed by atoms with E-state index in [4.69, 9.17) is 11.6 Å². The second-order valence-corrected chi connectivity index (χ2v) is 3.90. The van der Waals surface area contributed by atoms with Gasteiger partial charge in [0.25, 0.3) is 0 Å². The number of nitrogens with zero attached hydrogens (tertiary/aromatic N) is 1. The number of hydrogen-bond acceptors (Lipinski definition) is 2. The molecule has 0 atom stereocenters. The third-order valence-corrected chi connectivity index (χ3v) is 2.70. The summed E-state index contributed by atoms with van der Waals surface area (Å²) in [5, 5.41) is -0.131. The van der Waals surface area contributed by atoms with E-state index in [0.29, 0.717) is 5.69 Å². The maximum Gasteiger partial charge on any atom is 0.170 e. The maximum atomic E-state index is 13.2. The summed E-state index contributed by atoms with van der Waals surface area (Å²) in [7, 11) is 0. The number of aromatic nitrogens is 1. The van der Waals surface area contributed by atoms with E-state index in [1.54, 1.807) is 24.4 Å². The molecule has 0 unspecified atom stereocenters. The number of Topliss-reactive ketones (excluding diaryl/α,β-unsaturated/α-hetero) is 1. The minimum atomic E-state index is -0.585. The number of hydrogen-bond donors (Lipinski definition) is 0. The molecule has 2 rings (SSSR count). The van der Waals surface area contributed by atoms with E-state index >= 15 is 0 Å². The second-order valence-electron chi connectivity index (χ2n) is 3.52. The number of rotatable bonds is 3. The van der Waals surface area contributed by atoms with Crippen LogP contribution in [0.2, 0.25) is 5.02 Å². The molecule has 0 aliphatic heterocycles. The van der Waals surface area contributed by atoms with Gasteiger partial charge < -0.3 is 0 Å². The molecule has 0 saturated carbocycles. The molecule has 1 aromatic heterocycles. The molecule has 0 aliphatic rings. The topological polar surface area (TPSA) is 30.0 Å². The Kier molecular flexibility index (Phi) is 3.49. The minimum Gasteiger partial charge on any atom is -0.294 e. The number of pyridine rings is 1. The Hall–Kier alpha value is -1.74. The fourth-order valence-electron chi connectivity index (χ4n) is 1.48. The first-order valence-electron chi connectivity index (χ1n) is 5.05. The van der Waals surface area contributed by atoms with Crippen molar-refractivity contribution in [1.29, 1.82) is 0 Å². The zero-order chi connectivity index (χ0) is 12.3. The van der Waals surface area contributed by atoms with Gasteiger partial charge in [-0.05, 0) is 24.3 Å². The lowest BCUT2D eigenvalue weighted by Crippen LogP contribution is -2.06. The Balaban J connectivity index is 2.24. The SMILES string of the molecule is O=C(Cc1ccccn1)c1cccc(F)c1Cl. The van der Waals surface area contributed by atoms with Gasteiger partial charge in [-0.1, -0.05) is 23.7 Å². The van der Waals surface area contributed by atoms with Gasteiger partial charge in [0.15, 0.2) is 5.78 Å². The highest BCUT2D eigenvalue weighted by molar-refractivity contribution is 6.34. The molecular weight excluding hydrogens is 241 g/mol. The summed E-state index contributed by atoms with van der Waals surface area (Å²) in [6.45, 7) is 0. The minimum absolute atomic E-state index is 0.115. The molecule has 17 heavy (non-hydrogen) atoms. The molecule has 0 aliphatic carbocycles.